The Bertz CT molecular complexity index is 1130. The minimum Gasteiger partial charge on any atom is -0.342 e. The average Bonchev–Trinajstić information content (AvgIpc) is 3.02. The Morgan fingerprint density at radius 2 is 1.82 bits per heavy atom. The highest BCUT2D eigenvalue weighted by atomic mass is 35.5. The van der Waals surface area contributed by atoms with Crippen molar-refractivity contribution in [1.82, 2.24) is 14.7 Å². The number of aliphatic imine (C=N–C) groups is 3. The fourth-order valence-corrected chi connectivity index (χ4v) is 5.03. The van der Waals surface area contributed by atoms with E-state index in [1.165, 1.54) is 24.8 Å². The summed E-state index contributed by atoms with van der Waals surface area (Å²) in [6.45, 7) is 19.5. The Hall–Kier alpha value is -2.60. The van der Waals surface area contributed by atoms with E-state index in [2.05, 4.69) is 47.2 Å². The van der Waals surface area contributed by atoms with Crippen LogP contribution in [0.2, 0.25) is 0 Å². The molecule has 0 spiro atoms. The number of thiol groups is 1. The minimum atomic E-state index is -0.0829. The molecule has 3 aliphatic rings. The van der Waals surface area contributed by atoms with E-state index in [4.69, 9.17) is 28.0 Å². The number of terminal acetylenes is 1. The van der Waals surface area contributed by atoms with Gasteiger partial charge in [0.25, 0.3) is 0 Å². The molecule has 0 aromatic rings. The fourth-order valence-electron chi connectivity index (χ4n) is 4.82. The van der Waals surface area contributed by atoms with Gasteiger partial charge in [0.1, 0.15) is 0 Å². The van der Waals surface area contributed by atoms with E-state index in [0.29, 0.717) is 6.54 Å². The first-order valence-corrected chi connectivity index (χ1v) is 17.3. The van der Waals surface area contributed by atoms with Crippen molar-refractivity contribution >= 4 is 48.0 Å². The summed E-state index contributed by atoms with van der Waals surface area (Å²) in [6.07, 6.45) is 24.3. The second kappa shape index (κ2) is 23.7. The van der Waals surface area contributed by atoms with Crippen molar-refractivity contribution in [2.45, 2.75) is 98.4 Å². The summed E-state index contributed by atoms with van der Waals surface area (Å²) < 4.78 is 0. The second-order valence-corrected chi connectivity index (χ2v) is 12.8. The van der Waals surface area contributed by atoms with E-state index < -0.39 is 0 Å². The molecule has 1 amide bonds. The highest BCUT2D eigenvalue weighted by Crippen LogP contribution is 2.25. The van der Waals surface area contributed by atoms with Crippen LogP contribution >= 0.6 is 24.2 Å². The van der Waals surface area contributed by atoms with Crippen LogP contribution in [0.1, 0.15) is 87.0 Å². The number of allylic oxidation sites excluding steroid dienone is 5. The first-order valence-electron chi connectivity index (χ1n) is 16.4. The molecule has 1 saturated carbocycles. The molecule has 2 heterocycles. The number of hydrogen-bond acceptors (Lipinski definition) is 7. The van der Waals surface area contributed by atoms with Crippen molar-refractivity contribution in [3.63, 3.8) is 0 Å². The van der Waals surface area contributed by atoms with E-state index in [9.17, 15) is 4.79 Å². The topological polar surface area (TPSA) is 63.9 Å². The normalized spacial score (nSPS) is 23.9. The van der Waals surface area contributed by atoms with Crippen molar-refractivity contribution in [2.24, 2.45) is 20.9 Å². The Kier molecular flexibility index (Phi) is 21.3. The molecule has 45 heavy (non-hydrogen) atoms. The maximum Gasteiger partial charge on any atom is 0.229 e. The molecule has 250 valence electrons. The van der Waals surface area contributed by atoms with E-state index in [0.717, 1.165) is 74.7 Å². The lowest BCUT2D eigenvalue weighted by molar-refractivity contribution is -0.133. The number of nitrogens with zero attached hydrogens (tertiary/aromatic N) is 6. The lowest BCUT2D eigenvalue weighted by atomic mass is 9.91. The highest BCUT2D eigenvalue weighted by Gasteiger charge is 2.29. The lowest BCUT2D eigenvalue weighted by Gasteiger charge is -2.43. The molecule has 1 saturated heterocycles. The number of amides is 1. The van der Waals surface area contributed by atoms with Crippen LogP contribution in [0.15, 0.2) is 62.2 Å². The van der Waals surface area contributed by atoms with Gasteiger partial charge in [-0.15, -0.1) is 6.42 Å². The number of hydrogen-bond donors (Lipinski definition) is 1. The number of carbonyl (C=O) groups excluding carboxylic acids is 1. The molecule has 2 aliphatic heterocycles. The Morgan fingerprint density at radius 1 is 1.16 bits per heavy atom. The fraction of sp³-hybridized carbons (Fsp3) is 0.611. The SMILES string of the molecule is C#C/C=C\C=C(\Cl)CC.C/C=C\C(C)C(=O)N1CC/C(C)=C/N=C(N2CCN(C3CCC3)CC2)/N=C(\C)CC1.C/C=N\C(C)S. The largest absolute Gasteiger partial charge is 0.342 e. The van der Waals surface area contributed by atoms with E-state index in [-0.39, 0.29) is 17.2 Å². The molecule has 3 rings (SSSR count). The predicted molar refractivity (Wildman–Crippen MR) is 200 cm³/mol. The van der Waals surface area contributed by atoms with Gasteiger partial charge in [-0.25, -0.2) is 9.98 Å². The van der Waals surface area contributed by atoms with E-state index in [1.54, 1.807) is 24.4 Å². The third kappa shape index (κ3) is 17.0. The van der Waals surface area contributed by atoms with Crippen molar-refractivity contribution in [3.05, 3.63) is 47.2 Å². The van der Waals surface area contributed by atoms with Gasteiger partial charge in [0, 0.05) is 68.7 Å². The molecule has 0 aromatic carbocycles. The van der Waals surface area contributed by atoms with Crippen LogP contribution in [-0.2, 0) is 4.79 Å². The number of piperazine rings is 1. The summed E-state index contributed by atoms with van der Waals surface area (Å²) in [4.78, 5) is 33.3. The number of carbonyl (C=O) groups is 1. The molecule has 2 atom stereocenters. The van der Waals surface area contributed by atoms with Crippen LogP contribution in [0, 0.1) is 18.3 Å². The molecule has 0 radical (unpaired) electrons. The monoisotopic (exact) mass is 656 g/mol. The van der Waals surface area contributed by atoms with Gasteiger partial charge in [-0.2, -0.15) is 12.6 Å². The van der Waals surface area contributed by atoms with Gasteiger partial charge >= 0.3 is 0 Å². The smallest absolute Gasteiger partial charge is 0.229 e. The zero-order valence-electron chi connectivity index (χ0n) is 28.8. The second-order valence-electron chi connectivity index (χ2n) is 11.5. The van der Waals surface area contributed by atoms with Crippen LogP contribution in [0.5, 0.6) is 0 Å². The van der Waals surface area contributed by atoms with Crippen molar-refractivity contribution in [3.8, 4) is 12.3 Å². The summed E-state index contributed by atoms with van der Waals surface area (Å²) in [7, 11) is 0. The highest BCUT2D eigenvalue weighted by molar-refractivity contribution is 7.80. The maximum atomic E-state index is 12.9. The third-order valence-electron chi connectivity index (χ3n) is 7.75. The number of halogens is 1. The first kappa shape index (κ1) is 40.4. The Morgan fingerprint density at radius 3 is 2.33 bits per heavy atom. The van der Waals surface area contributed by atoms with Crippen molar-refractivity contribution < 1.29 is 4.79 Å². The maximum absolute atomic E-state index is 12.9. The molecule has 1 aliphatic carbocycles. The number of guanidine groups is 1. The molecule has 0 N–H and O–H groups in total. The molecule has 2 fully saturated rings. The molecule has 2 unspecified atom stereocenters. The van der Waals surface area contributed by atoms with Crippen LogP contribution < -0.4 is 0 Å². The summed E-state index contributed by atoms with van der Waals surface area (Å²) in [6, 6.07) is 0.808. The van der Waals surface area contributed by atoms with Gasteiger partial charge in [-0.3, -0.25) is 14.7 Å². The summed E-state index contributed by atoms with van der Waals surface area (Å²) in [5.41, 5.74) is 2.23. The summed E-state index contributed by atoms with van der Waals surface area (Å²) in [5, 5.41) is 0.983. The zero-order chi connectivity index (χ0) is 33.6. The van der Waals surface area contributed by atoms with Gasteiger partial charge in [-0.05, 0) is 78.7 Å². The zero-order valence-corrected chi connectivity index (χ0v) is 30.4. The molecule has 0 aromatic heterocycles. The van der Waals surface area contributed by atoms with Gasteiger partial charge in [0.15, 0.2) is 0 Å². The standard InChI is InChI=1S/C24H39N5O.C8H9Cl.C4H9NS/c1-5-7-20(3)23(30)28-12-10-19(2)18-25-24(26-21(4)11-13-28)29-16-14-27(15-17-29)22-8-6-9-22;1-3-5-6-7-8(9)4-2;1-3-5-4(2)6/h5,7,18,20,22H,6,8-17H2,1-4H3;1,5-7H,4H2,2H3;3-4,6H,1-2H3/b7-5-,19-18+,25-24-,26-21+;6-5-,8-7+;5-3-. The minimum absolute atomic E-state index is 0.0829. The summed E-state index contributed by atoms with van der Waals surface area (Å²) >= 11 is 9.62. The van der Waals surface area contributed by atoms with Gasteiger partial charge in [0.2, 0.25) is 11.9 Å². The van der Waals surface area contributed by atoms with Crippen LogP contribution in [0.4, 0.5) is 0 Å². The summed E-state index contributed by atoms with van der Waals surface area (Å²) in [5.74, 6) is 3.31. The number of rotatable bonds is 6. The van der Waals surface area contributed by atoms with Gasteiger partial charge < -0.3 is 9.80 Å². The Balaban J connectivity index is 0.000000559. The average molecular weight is 657 g/mol. The van der Waals surface area contributed by atoms with Gasteiger partial charge in [-0.1, -0.05) is 61.6 Å². The molecule has 0 bridgehead atoms. The molecule has 9 heteroatoms. The lowest BCUT2D eigenvalue weighted by Crippen LogP contribution is -2.53. The van der Waals surface area contributed by atoms with E-state index in [1.807, 2.05) is 57.9 Å². The Labute approximate surface area is 284 Å². The van der Waals surface area contributed by atoms with E-state index >= 15 is 0 Å². The first-order chi connectivity index (χ1) is 21.6. The third-order valence-corrected chi connectivity index (χ3v) is 8.28. The molecule has 7 nitrogen and oxygen atoms in total. The van der Waals surface area contributed by atoms with Crippen molar-refractivity contribution in [2.75, 3.05) is 39.3 Å². The quantitative estimate of drug-likeness (QED) is 0.104. The predicted octanol–water partition coefficient (Wildman–Crippen LogP) is 7.77. The van der Waals surface area contributed by atoms with Crippen LogP contribution in [-0.4, -0.2) is 89.2 Å². The molecular formula is C36H57ClN6OS. The van der Waals surface area contributed by atoms with Gasteiger partial charge in [0.05, 0.1) is 11.3 Å². The van der Waals surface area contributed by atoms with Crippen LogP contribution in [0.25, 0.3) is 0 Å². The van der Waals surface area contributed by atoms with Crippen molar-refractivity contribution in [1.29, 1.82) is 0 Å². The van der Waals surface area contributed by atoms with Crippen LogP contribution in [0.3, 0.4) is 0 Å². The molecular weight excluding hydrogens is 600 g/mol.